The Kier molecular flexibility index (Phi) is 7.39. The van der Waals surface area contributed by atoms with Crippen molar-refractivity contribution in [1.82, 2.24) is 4.90 Å². The van der Waals surface area contributed by atoms with Crippen molar-refractivity contribution in [2.75, 3.05) is 24.7 Å². The van der Waals surface area contributed by atoms with Crippen LogP contribution in [0.25, 0.3) is 0 Å². The van der Waals surface area contributed by atoms with Crippen molar-refractivity contribution < 1.29 is 61.5 Å². The predicted octanol–water partition coefficient (Wildman–Crippen LogP) is 4.99. The van der Waals surface area contributed by atoms with Gasteiger partial charge in [0.25, 0.3) is 0 Å². The number of halogens is 8. The molecule has 0 aliphatic carbocycles. The number of ether oxygens (including phenoxy) is 1. The Labute approximate surface area is 247 Å². The van der Waals surface area contributed by atoms with Crippen molar-refractivity contribution in [3.8, 4) is 5.75 Å². The van der Waals surface area contributed by atoms with Crippen LogP contribution >= 0.6 is 0 Å². The summed E-state index contributed by atoms with van der Waals surface area (Å²) in [6, 6.07) is 3.12. The summed E-state index contributed by atoms with van der Waals surface area (Å²) in [5.74, 6) is -2.74. The molecule has 3 aliphatic rings. The van der Waals surface area contributed by atoms with E-state index in [1.165, 1.54) is 11.8 Å². The highest BCUT2D eigenvalue weighted by atomic mass is 32.2. The maximum absolute atomic E-state index is 14.9. The number of likely N-dealkylation sites (tertiary alicyclic amines) is 1. The van der Waals surface area contributed by atoms with Gasteiger partial charge in [0.05, 0.1) is 22.4 Å². The van der Waals surface area contributed by atoms with Gasteiger partial charge in [-0.15, -0.1) is 0 Å². The first-order valence-corrected chi connectivity index (χ1v) is 16.5. The van der Waals surface area contributed by atoms with E-state index >= 15 is 0 Å². The molecule has 2 fully saturated rings. The molecule has 44 heavy (non-hydrogen) atoms. The van der Waals surface area contributed by atoms with Gasteiger partial charge in [-0.2, -0.15) is 26.3 Å². The van der Waals surface area contributed by atoms with Crippen LogP contribution in [0.3, 0.4) is 0 Å². The molecule has 0 aromatic heterocycles. The zero-order chi connectivity index (χ0) is 32.7. The first-order valence-electron chi connectivity index (χ1n) is 13.2. The summed E-state index contributed by atoms with van der Waals surface area (Å²) in [5, 5.41) is 0. The maximum Gasteiger partial charge on any atom is 0.435 e. The highest BCUT2D eigenvalue weighted by Gasteiger charge is 2.74. The zero-order valence-corrected chi connectivity index (χ0v) is 24.4. The lowest BCUT2D eigenvalue weighted by molar-refractivity contribution is -0.348. The molecule has 0 N–H and O–H groups in total. The average molecular weight is 676 g/mol. The molecule has 0 spiro atoms. The predicted molar refractivity (Wildman–Crippen MR) is 138 cm³/mol. The highest BCUT2D eigenvalue weighted by molar-refractivity contribution is 7.92. The third kappa shape index (κ3) is 4.67. The number of carbonyl (C=O) groups excluding carboxylic acids is 1. The van der Waals surface area contributed by atoms with Gasteiger partial charge in [-0.1, -0.05) is 19.1 Å². The number of alkyl halides is 7. The minimum atomic E-state index is -6.44. The molecule has 3 heterocycles. The van der Waals surface area contributed by atoms with Crippen LogP contribution in [0.4, 0.5) is 35.1 Å². The Balaban J connectivity index is 1.67. The van der Waals surface area contributed by atoms with Crippen molar-refractivity contribution in [2.24, 2.45) is 5.41 Å². The van der Waals surface area contributed by atoms with Crippen molar-refractivity contribution in [1.29, 1.82) is 0 Å². The minimum Gasteiger partial charge on any atom is -0.491 e. The monoisotopic (exact) mass is 675 g/mol. The van der Waals surface area contributed by atoms with Gasteiger partial charge in [0.2, 0.25) is 5.91 Å². The summed E-state index contributed by atoms with van der Waals surface area (Å²) in [6.45, 7) is 0.556. The van der Waals surface area contributed by atoms with Crippen LogP contribution in [0.15, 0.2) is 47.4 Å². The first kappa shape index (κ1) is 32.4. The van der Waals surface area contributed by atoms with Crippen LogP contribution in [0.1, 0.15) is 37.3 Å². The van der Waals surface area contributed by atoms with Crippen LogP contribution < -0.4 is 4.74 Å². The van der Waals surface area contributed by atoms with E-state index < -0.39 is 100 Å². The topological polar surface area (TPSA) is 97.8 Å². The number of sulfone groups is 2. The quantitative estimate of drug-likeness (QED) is 0.335. The van der Waals surface area contributed by atoms with Gasteiger partial charge >= 0.3 is 18.0 Å². The molecule has 3 aliphatic heterocycles. The molecule has 2 aromatic rings. The van der Waals surface area contributed by atoms with E-state index in [1.807, 2.05) is 0 Å². The molecular weight excluding hydrogens is 650 g/mol. The summed E-state index contributed by atoms with van der Waals surface area (Å²) in [4.78, 5) is 14.6. The number of nitrogens with zero attached hydrogens (tertiary/aromatic N) is 1. The Morgan fingerprint density at radius 2 is 1.50 bits per heavy atom. The minimum absolute atomic E-state index is 0.0661. The molecule has 2 unspecified atom stereocenters. The van der Waals surface area contributed by atoms with Crippen molar-refractivity contribution in [2.45, 2.75) is 59.9 Å². The van der Waals surface area contributed by atoms with Crippen LogP contribution in [0.5, 0.6) is 5.75 Å². The number of carbonyl (C=O) groups is 1. The Hall–Kier alpha value is -2.95. The summed E-state index contributed by atoms with van der Waals surface area (Å²) in [6.07, 6.45) is -13.4. The van der Waals surface area contributed by atoms with E-state index in [9.17, 15) is 56.8 Å². The number of amides is 1. The number of benzene rings is 2. The number of hydrogen-bond acceptors (Lipinski definition) is 6. The number of hydrogen-bond donors (Lipinski definition) is 0. The number of fused-ring (bicyclic) bond motifs is 3. The third-order valence-electron chi connectivity index (χ3n) is 8.96. The average Bonchev–Trinajstić information content (AvgIpc) is 3.34. The van der Waals surface area contributed by atoms with Crippen molar-refractivity contribution in [3.05, 3.63) is 59.4 Å². The van der Waals surface area contributed by atoms with Gasteiger partial charge in [-0.3, -0.25) is 4.79 Å². The van der Waals surface area contributed by atoms with Gasteiger partial charge in [-0.05, 0) is 49.6 Å². The molecule has 2 saturated heterocycles. The van der Waals surface area contributed by atoms with E-state index in [0.717, 1.165) is 24.3 Å². The molecule has 0 bridgehead atoms. The maximum atomic E-state index is 14.9. The summed E-state index contributed by atoms with van der Waals surface area (Å²) in [7, 11) is -8.10. The molecule has 0 radical (unpaired) electrons. The second-order valence-electron chi connectivity index (χ2n) is 11.5. The van der Waals surface area contributed by atoms with E-state index in [2.05, 4.69) is 0 Å². The van der Waals surface area contributed by atoms with Crippen LogP contribution in [0, 0.1) is 11.2 Å². The Bertz CT molecular complexity index is 1680. The lowest BCUT2D eigenvalue weighted by atomic mass is 9.81. The summed E-state index contributed by atoms with van der Waals surface area (Å²) >= 11 is 0. The van der Waals surface area contributed by atoms with Crippen molar-refractivity contribution in [3.63, 3.8) is 0 Å². The van der Waals surface area contributed by atoms with Crippen molar-refractivity contribution >= 4 is 25.6 Å². The SMILES string of the molecule is CC1(C(=O)N2CCC3(S(=O)(=O)c4ccc(F)cc4)c4ccc(C(F)(C(F)(F)F)C(F)(F)F)cc4OCC23)CCS(=O)(=O)CC1. The van der Waals surface area contributed by atoms with Gasteiger partial charge in [-0.25, -0.2) is 25.6 Å². The third-order valence-corrected chi connectivity index (χ3v) is 13.2. The fourth-order valence-electron chi connectivity index (χ4n) is 6.34. The zero-order valence-electron chi connectivity index (χ0n) is 22.8. The van der Waals surface area contributed by atoms with Gasteiger partial charge in [0.15, 0.2) is 9.84 Å². The standard InChI is InChI=1S/C27H25F8NO6S2/c1-23(9-12-43(38,39)13-10-23)22(37)36-11-8-24(44(40,41)18-5-3-17(28)4-6-18)19-7-2-16(14-20(19)42-15-21(24)36)25(29,26(30,31)32)27(33,34)35/h2-7,14,21H,8-13,15H2,1H3. The number of rotatable bonds is 4. The van der Waals surface area contributed by atoms with Gasteiger partial charge in [0.1, 0.15) is 32.8 Å². The normalized spacial score (nSPS) is 25.1. The highest BCUT2D eigenvalue weighted by Crippen LogP contribution is 2.57. The summed E-state index contributed by atoms with van der Waals surface area (Å²) in [5.41, 5.74) is -9.32. The van der Waals surface area contributed by atoms with Crippen LogP contribution in [-0.2, 0) is 34.9 Å². The first-order chi connectivity index (χ1) is 20.1. The molecule has 17 heteroatoms. The lowest BCUT2D eigenvalue weighted by Crippen LogP contribution is -2.57. The second-order valence-corrected chi connectivity index (χ2v) is 16.0. The van der Waals surface area contributed by atoms with Gasteiger partial charge < -0.3 is 9.64 Å². The smallest absolute Gasteiger partial charge is 0.435 e. The molecule has 2 aromatic carbocycles. The molecule has 242 valence electrons. The van der Waals surface area contributed by atoms with E-state index in [-0.39, 0.29) is 43.0 Å². The van der Waals surface area contributed by atoms with E-state index in [0.29, 0.717) is 6.07 Å². The van der Waals surface area contributed by atoms with E-state index in [1.54, 1.807) is 0 Å². The molecular formula is C27H25F8NO6S2. The fraction of sp³-hybridized carbons (Fsp3) is 0.519. The Morgan fingerprint density at radius 1 is 0.932 bits per heavy atom. The molecule has 7 nitrogen and oxygen atoms in total. The Morgan fingerprint density at radius 3 is 2.05 bits per heavy atom. The largest absolute Gasteiger partial charge is 0.491 e. The molecule has 2 atom stereocenters. The molecule has 1 amide bonds. The fourth-order valence-corrected chi connectivity index (χ4v) is 10.4. The second kappa shape index (κ2) is 10.0. The van der Waals surface area contributed by atoms with E-state index in [4.69, 9.17) is 4.74 Å². The van der Waals surface area contributed by atoms with Crippen LogP contribution in [-0.4, -0.2) is 70.7 Å². The summed E-state index contributed by atoms with van der Waals surface area (Å²) < 4.78 is 166. The van der Waals surface area contributed by atoms with Crippen LogP contribution in [0.2, 0.25) is 0 Å². The van der Waals surface area contributed by atoms with Gasteiger partial charge in [0, 0.05) is 23.1 Å². The molecule has 0 saturated carbocycles. The lowest BCUT2D eigenvalue weighted by Gasteiger charge is -2.44. The molecule has 5 rings (SSSR count).